The third-order valence-electron chi connectivity index (χ3n) is 4.06. The van der Waals surface area contributed by atoms with E-state index in [4.69, 9.17) is 0 Å². The van der Waals surface area contributed by atoms with Crippen molar-refractivity contribution in [2.75, 3.05) is 11.1 Å². The van der Waals surface area contributed by atoms with Crippen LogP contribution in [0.5, 0.6) is 0 Å². The van der Waals surface area contributed by atoms with Gasteiger partial charge in [-0.1, -0.05) is 30.0 Å². The molecule has 1 aromatic carbocycles. The van der Waals surface area contributed by atoms with Gasteiger partial charge in [0.15, 0.2) is 5.16 Å². The largest absolute Gasteiger partial charge is 0.390 e. The van der Waals surface area contributed by atoms with Crippen LogP contribution in [-0.4, -0.2) is 38.3 Å². The van der Waals surface area contributed by atoms with Gasteiger partial charge in [0.2, 0.25) is 11.8 Å². The molecule has 2 amide bonds. The molecule has 1 fully saturated rings. The quantitative estimate of drug-likeness (QED) is 0.611. The second-order valence-electron chi connectivity index (χ2n) is 6.27. The van der Waals surface area contributed by atoms with Crippen molar-refractivity contribution in [2.45, 2.75) is 44.1 Å². The lowest BCUT2D eigenvalue weighted by Crippen LogP contribution is -2.30. The summed E-state index contributed by atoms with van der Waals surface area (Å²) in [5.74, 6) is -0.0845. The zero-order valence-corrected chi connectivity index (χ0v) is 15.4. The summed E-state index contributed by atoms with van der Waals surface area (Å²) in [6.07, 6.45) is 3.57. The minimum absolute atomic E-state index is 0.0914. The van der Waals surface area contributed by atoms with E-state index in [1.54, 1.807) is 4.57 Å². The first-order valence-corrected chi connectivity index (χ1v) is 9.48. The van der Waals surface area contributed by atoms with Gasteiger partial charge in [-0.15, -0.1) is 0 Å². The molecule has 8 heteroatoms. The molecule has 0 bridgehead atoms. The molecular weight excluding hydrogens is 352 g/mol. The predicted octanol–water partition coefficient (Wildman–Crippen LogP) is 1.69. The molecule has 1 aromatic heterocycles. The van der Waals surface area contributed by atoms with E-state index < -0.39 is 0 Å². The molecule has 3 N–H and O–H groups in total. The maximum absolute atomic E-state index is 12.2. The molecule has 1 heterocycles. The van der Waals surface area contributed by atoms with Gasteiger partial charge < -0.3 is 20.3 Å². The van der Waals surface area contributed by atoms with Gasteiger partial charge >= 0.3 is 0 Å². The maximum Gasteiger partial charge on any atom is 0.240 e. The lowest BCUT2D eigenvalue weighted by Gasteiger charge is -2.11. The number of aliphatic hydroxyl groups excluding tert-OH is 1. The van der Waals surface area contributed by atoms with Crippen LogP contribution in [0.25, 0.3) is 0 Å². The van der Waals surface area contributed by atoms with Crippen molar-refractivity contribution in [3.8, 4) is 0 Å². The van der Waals surface area contributed by atoms with Crippen LogP contribution in [0, 0.1) is 6.92 Å². The summed E-state index contributed by atoms with van der Waals surface area (Å²) in [7, 11) is 0. The van der Waals surface area contributed by atoms with E-state index in [2.05, 4.69) is 15.6 Å². The van der Waals surface area contributed by atoms with Crippen LogP contribution in [0.15, 0.2) is 35.6 Å². The van der Waals surface area contributed by atoms with Crippen molar-refractivity contribution < 1.29 is 14.7 Å². The molecule has 0 unspecified atom stereocenters. The average Bonchev–Trinajstić information content (AvgIpc) is 3.34. The Kier molecular flexibility index (Phi) is 5.95. The summed E-state index contributed by atoms with van der Waals surface area (Å²) in [4.78, 5) is 28.5. The standard InChI is InChI=1S/C18H22N4O3S/c1-12-4-2-3-5-15(12)21-17(25)11-26-18-19-8-14(10-23)22(18)9-16(24)20-13-6-7-13/h2-5,8,13,23H,6-7,9-11H2,1H3,(H,20,24)(H,21,25). The molecule has 138 valence electrons. The van der Waals surface area contributed by atoms with E-state index in [-0.39, 0.29) is 36.8 Å². The average molecular weight is 374 g/mol. The van der Waals surface area contributed by atoms with Crippen molar-refractivity contribution in [1.82, 2.24) is 14.9 Å². The summed E-state index contributed by atoms with van der Waals surface area (Å²) < 4.78 is 1.66. The minimum Gasteiger partial charge on any atom is -0.390 e. The first-order chi connectivity index (χ1) is 12.6. The first-order valence-electron chi connectivity index (χ1n) is 8.49. The number of nitrogens with zero attached hydrogens (tertiary/aromatic N) is 2. The Morgan fingerprint density at radius 3 is 2.77 bits per heavy atom. The van der Waals surface area contributed by atoms with Crippen LogP contribution < -0.4 is 10.6 Å². The second-order valence-corrected chi connectivity index (χ2v) is 7.21. The molecule has 3 rings (SSSR count). The zero-order chi connectivity index (χ0) is 18.5. The molecule has 1 aliphatic carbocycles. The number of para-hydroxylation sites is 1. The van der Waals surface area contributed by atoms with Gasteiger partial charge in [0.1, 0.15) is 6.54 Å². The number of thioether (sulfide) groups is 1. The van der Waals surface area contributed by atoms with Crippen LogP contribution >= 0.6 is 11.8 Å². The SMILES string of the molecule is Cc1ccccc1NC(=O)CSc1ncc(CO)n1CC(=O)NC1CC1. The lowest BCUT2D eigenvalue weighted by atomic mass is 10.2. The third-order valence-corrected chi connectivity index (χ3v) is 5.05. The highest BCUT2D eigenvalue weighted by molar-refractivity contribution is 7.99. The monoisotopic (exact) mass is 374 g/mol. The Bertz CT molecular complexity index is 801. The highest BCUT2D eigenvalue weighted by atomic mass is 32.2. The fourth-order valence-corrected chi connectivity index (χ4v) is 3.27. The number of carbonyl (C=O) groups is 2. The van der Waals surface area contributed by atoms with Crippen molar-refractivity contribution >= 4 is 29.3 Å². The number of benzene rings is 1. The van der Waals surface area contributed by atoms with E-state index in [0.29, 0.717) is 10.9 Å². The van der Waals surface area contributed by atoms with E-state index in [9.17, 15) is 14.7 Å². The Morgan fingerprint density at radius 2 is 2.08 bits per heavy atom. The van der Waals surface area contributed by atoms with Gasteiger partial charge in [-0.2, -0.15) is 0 Å². The van der Waals surface area contributed by atoms with E-state index in [0.717, 1.165) is 24.1 Å². The van der Waals surface area contributed by atoms with Crippen LogP contribution in [0.1, 0.15) is 24.1 Å². The molecule has 0 atom stereocenters. The predicted molar refractivity (Wildman–Crippen MR) is 99.8 cm³/mol. The summed E-state index contributed by atoms with van der Waals surface area (Å²) >= 11 is 1.24. The molecule has 0 aliphatic heterocycles. The number of nitrogens with one attached hydrogen (secondary N) is 2. The molecule has 0 saturated heterocycles. The van der Waals surface area contributed by atoms with Crippen LogP contribution in [0.3, 0.4) is 0 Å². The Labute approximate surface area is 156 Å². The van der Waals surface area contributed by atoms with Gasteiger partial charge in [0.05, 0.1) is 24.3 Å². The van der Waals surface area contributed by atoms with E-state index in [1.165, 1.54) is 18.0 Å². The summed E-state index contributed by atoms with van der Waals surface area (Å²) in [5, 5.41) is 15.8. The summed E-state index contributed by atoms with van der Waals surface area (Å²) in [5.41, 5.74) is 2.32. The molecular formula is C18H22N4O3S. The van der Waals surface area contributed by atoms with Crippen LogP contribution in [0.4, 0.5) is 5.69 Å². The Hall–Kier alpha value is -2.32. The Morgan fingerprint density at radius 1 is 1.31 bits per heavy atom. The molecule has 26 heavy (non-hydrogen) atoms. The van der Waals surface area contributed by atoms with Crippen molar-refractivity contribution in [3.05, 3.63) is 41.7 Å². The van der Waals surface area contributed by atoms with Gasteiger partial charge in [0, 0.05) is 11.7 Å². The number of amides is 2. The number of aromatic nitrogens is 2. The molecule has 2 aromatic rings. The van der Waals surface area contributed by atoms with Gasteiger partial charge in [0.25, 0.3) is 0 Å². The zero-order valence-electron chi connectivity index (χ0n) is 14.6. The van der Waals surface area contributed by atoms with Gasteiger partial charge in [-0.25, -0.2) is 4.98 Å². The van der Waals surface area contributed by atoms with E-state index in [1.807, 2.05) is 31.2 Å². The second kappa shape index (κ2) is 8.37. The summed E-state index contributed by atoms with van der Waals surface area (Å²) in [6.45, 7) is 1.81. The first kappa shape index (κ1) is 18.5. The number of anilines is 1. The van der Waals surface area contributed by atoms with Crippen molar-refractivity contribution in [1.29, 1.82) is 0 Å². The van der Waals surface area contributed by atoms with Crippen LogP contribution in [-0.2, 0) is 22.7 Å². The lowest BCUT2D eigenvalue weighted by molar-refractivity contribution is -0.122. The topological polar surface area (TPSA) is 96.2 Å². The highest BCUT2D eigenvalue weighted by Gasteiger charge is 2.24. The maximum atomic E-state index is 12.2. The van der Waals surface area contributed by atoms with Crippen molar-refractivity contribution in [2.24, 2.45) is 0 Å². The van der Waals surface area contributed by atoms with Crippen molar-refractivity contribution in [3.63, 3.8) is 0 Å². The fraction of sp³-hybridized carbons (Fsp3) is 0.389. The van der Waals surface area contributed by atoms with E-state index >= 15 is 0 Å². The number of hydrogen-bond acceptors (Lipinski definition) is 5. The molecule has 0 radical (unpaired) electrons. The number of hydrogen-bond donors (Lipinski definition) is 3. The number of aryl methyl sites for hydroxylation is 1. The fourth-order valence-electron chi connectivity index (χ4n) is 2.48. The number of rotatable bonds is 8. The Balaban J connectivity index is 1.60. The molecule has 7 nitrogen and oxygen atoms in total. The van der Waals surface area contributed by atoms with Gasteiger partial charge in [-0.05, 0) is 31.4 Å². The number of aliphatic hydroxyl groups is 1. The van der Waals surface area contributed by atoms with Crippen LogP contribution in [0.2, 0.25) is 0 Å². The number of carbonyl (C=O) groups excluding carboxylic acids is 2. The highest BCUT2D eigenvalue weighted by Crippen LogP contribution is 2.21. The number of imidazole rings is 1. The normalized spacial score (nSPS) is 13.5. The van der Waals surface area contributed by atoms with Gasteiger partial charge in [-0.3, -0.25) is 9.59 Å². The molecule has 0 spiro atoms. The molecule has 1 saturated carbocycles. The summed E-state index contributed by atoms with van der Waals surface area (Å²) in [6, 6.07) is 7.85. The third kappa shape index (κ3) is 4.86. The minimum atomic E-state index is -0.209. The molecule has 1 aliphatic rings. The smallest absolute Gasteiger partial charge is 0.240 e.